The number of carbonyl (C=O) groups is 1. The fourth-order valence-corrected chi connectivity index (χ4v) is 3.67. The fourth-order valence-electron chi connectivity index (χ4n) is 3.67. The van der Waals surface area contributed by atoms with Gasteiger partial charge in [-0.1, -0.05) is 12.1 Å². The average molecular weight is 459 g/mol. The number of amides is 1. The van der Waals surface area contributed by atoms with Gasteiger partial charge >= 0.3 is 6.18 Å². The molecule has 0 spiro atoms. The van der Waals surface area contributed by atoms with Crippen molar-refractivity contribution in [2.24, 2.45) is 0 Å². The standard InChI is InChI=1S/C22H25F3N2O3.ClH/c1-26(2)10-11-27-19-9-6-16(22(23,24)25)12-15(19)13-18(20(28)21(27)29)14-4-7-17(30-3)8-5-14;/h4-9,12,18,20,28H,10-11,13H2,1-3H3;1H/t18-,20+;/m0./s1. The van der Waals surface area contributed by atoms with Crippen LogP contribution < -0.4 is 9.64 Å². The van der Waals surface area contributed by atoms with E-state index in [1.165, 1.54) is 18.1 Å². The molecule has 2 aromatic carbocycles. The second-order valence-electron chi connectivity index (χ2n) is 7.66. The molecule has 0 bridgehead atoms. The molecule has 1 aliphatic rings. The summed E-state index contributed by atoms with van der Waals surface area (Å²) in [4.78, 5) is 16.4. The summed E-state index contributed by atoms with van der Waals surface area (Å²) < 4.78 is 45.1. The minimum Gasteiger partial charge on any atom is -0.497 e. The predicted molar refractivity (Wildman–Crippen MR) is 115 cm³/mol. The van der Waals surface area contributed by atoms with Crippen molar-refractivity contribution in [3.05, 3.63) is 59.2 Å². The number of halogens is 4. The third-order valence-electron chi connectivity index (χ3n) is 5.35. The minimum atomic E-state index is -4.49. The Morgan fingerprint density at radius 3 is 2.35 bits per heavy atom. The summed E-state index contributed by atoms with van der Waals surface area (Å²) in [7, 11) is 5.20. The summed E-state index contributed by atoms with van der Waals surface area (Å²) in [5.74, 6) is -0.577. The van der Waals surface area contributed by atoms with Gasteiger partial charge in [-0.15, -0.1) is 12.4 Å². The predicted octanol–water partition coefficient (Wildman–Crippen LogP) is 3.73. The summed E-state index contributed by atoms with van der Waals surface area (Å²) >= 11 is 0. The lowest BCUT2D eigenvalue weighted by Crippen LogP contribution is -2.43. The van der Waals surface area contributed by atoms with Gasteiger partial charge in [0.25, 0.3) is 5.91 Å². The van der Waals surface area contributed by atoms with E-state index in [0.717, 1.165) is 12.1 Å². The Bertz CT molecular complexity index is 904. The molecule has 0 aliphatic carbocycles. The van der Waals surface area contributed by atoms with Gasteiger partial charge in [-0.2, -0.15) is 13.2 Å². The van der Waals surface area contributed by atoms with Crippen LogP contribution in [-0.4, -0.2) is 56.3 Å². The minimum absolute atomic E-state index is 0. The number of rotatable bonds is 5. The average Bonchev–Trinajstić information content (AvgIpc) is 2.80. The highest BCUT2D eigenvalue weighted by Crippen LogP contribution is 2.39. The van der Waals surface area contributed by atoms with Crippen LogP contribution in [0.3, 0.4) is 0 Å². The molecule has 0 radical (unpaired) electrons. The molecule has 0 saturated carbocycles. The summed E-state index contributed by atoms with van der Waals surface area (Å²) in [6.07, 6.45) is -5.76. The van der Waals surface area contributed by atoms with Gasteiger partial charge in [0.1, 0.15) is 11.9 Å². The van der Waals surface area contributed by atoms with E-state index in [1.807, 2.05) is 19.0 Å². The molecular formula is C22H26ClF3N2O3. The van der Waals surface area contributed by atoms with Gasteiger partial charge < -0.3 is 19.6 Å². The molecule has 1 amide bonds. The highest BCUT2D eigenvalue weighted by Gasteiger charge is 2.38. The lowest BCUT2D eigenvalue weighted by Gasteiger charge is -2.27. The smallest absolute Gasteiger partial charge is 0.416 e. The first-order valence-corrected chi connectivity index (χ1v) is 9.60. The van der Waals surface area contributed by atoms with Crippen molar-refractivity contribution in [2.75, 3.05) is 39.2 Å². The zero-order valence-corrected chi connectivity index (χ0v) is 18.3. The van der Waals surface area contributed by atoms with Crippen molar-refractivity contribution >= 4 is 24.0 Å². The van der Waals surface area contributed by atoms with Crippen LogP contribution in [0.2, 0.25) is 0 Å². The van der Waals surface area contributed by atoms with Crippen molar-refractivity contribution in [3.63, 3.8) is 0 Å². The normalized spacial score (nSPS) is 19.0. The Morgan fingerprint density at radius 2 is 1.81 bits per heavy atom. The molecule has 170 valence electrons. The zero-order valence-electron chi connectivity index (χ0n) is 17.5. The van der Waals surface area contributed by atoms with E-state index in [0.29, 0.717) is 29.1 Å². The Morgan fingerprint density at radius 1 is 1.16 bits per heavy atom. The van der Waals surface area contributed by atoms with Crippen molar-refractivity contribution in [2.45, 2.75) is 24.6 Å². The lowest BCUT2D eigenvalue weighted by molar-refractivity contribution is -0.137. The number of hydrogen-bond acceptors (Lipinski definition) is 4. The molecule has 31 heavy (non-hydrogen) atoms. The molecular weight excluding hydrogens is 433 g/mol. The van der Waals surface area contributed by atoms with Gasteiger partial charge in [-0.05, 0) is 62.0 Å². The number of likely N-dealkylation sites (N-methyl/N-ethyl adjacent to an activating group) is 1. The molecule has 0 fully saturated rings. The van der Waals surface area contributed by atoms with E-state index < -0.39 is 29.7 Å². The molecule has 2 atom stereocenters. The summed E-state index contributed by atoms with van der Waals surface area (Å²) in [6.45, 7) is 0.767. The molecule has 1 heterocycles. The number of anilines is 1. The largest absolute Gasteiger partial charge is 0.497 e. The lowest BCUT2D eigenvalue weighted by atomic mass is 9.87. The van der Waals surface area contributed by atoms with Crippen LogP contribution >= 0.6 is 12.4 Å². The van der Waals surface area contributed by atoms with Crippen LogP contribution in [0.15, 0.2) is 42.5 Å². The van der Waals surface area contributed by atoms with Crippen LogP contribution in [0, 0.1) is 0 Å². The monoisotopic (exact) mass is 458 g/mol. The maximum Gasteiger partial charge on any atom is 0.416 e. The summed E-state index contributed by atoms with van der Waals surface area (Å²) in [6, 6.07) is 10.2. The first-order chi connectivity index (χ1) is 14.1. The number of ether oxygens (including phenoxy) is 1. The van der Waals surface area contributed by atoms with E-state index in [2.05, 4.69) is 0 Å². The molecule has 0 unspecified atom stereocenters. The maximum atomic E-state index is 13.3. The number of nitrogens with zero attached hydrogens (tertiary/aromatic N) is 2. The topological polar surface area (TPSA) is 53.0 Å². The van der Waals surface area contributed by atoms with Crippen molar-refractivity contribution in [1.82, 2.24) is 4.90 Å². The van der Waals surface area contributed by atoms with Gasteiger partial charge in [0, 0.05) is 24.7 Å². The number of hydrogen-bond donors (Lipinski definition) is 1. The number of aliphatic hydroxyl groups excluding tert-OH is 1. The maximum absolute atomic E-state index is 13.3. The van der Waals surface area contributed by atoms with Crippen molar-refractivity contribution in [1.29, 1.82) is 0 Å². The Balaban J connectivity index is 0.00000341. The molecule has 1 aliphatic heterocycles. The second-order valence-corrected chi connectivity index (χ2v) is 7.66. The van der Waals surface area contributed by atoms with Gasteiger partial charge in [-0.3, -0.25) is 4.79 Å². The Kier molecular flexibility index (Phi) is 7.97. The SMILES string of the molecule is COc1ccc([C@@H]2Cc3cc(C(F)(F)F)ccc3N(CCN(C)C)C(=O)[C@@H]2O)cc1.Cl. The molecule has 1 N–H and O–H groups in total. The van der Waals surface area contributed by atoms with Crippen LogP contribution in [0.25, 0.3) is 0 Å². The third kappa shape index (κ3) is 5.50. The molecule has 5 nitrogen and oxygen atoms in total. The van der Waals surface area contributed by atoms with Crippen LogP contribution in [-0.2, 0) is 17.4 Å². The first kappa shape index (κ1) is 25.0. The van der Waals surface area contributed by atoms with Crippen LogP contribution in [0.1, 0.15) is 22.6 Å². The second kappa shape index (κ2) is 9.89. The molecule has 9 heteroatoms. The number of benzene rings is 2. The molecule has 2 aromatic rings. The van der Waals surface area contributed by atoms with E-state index >= 15 is 0 Å². The van der Waals surface area contributed by atoms with Crippen LogP contribution in [0.4, 0.5) is 18.9 Å². The van der Waals surface area contributed by atoms with Gasteiger partial charge in [0.05, 0.1) is 12.7 Å². The van der Waals surface area contributed by atoms with Crippen molar-refractivity contribution in [3.8, 4) is 5.75 Å². The third-order valence-corrected chi connectivity index (χ3v) is 5.35. The van der Waals surface area contributed by atoms with Gasteiger partial charge in [-0.25, -0.2) is 0 Å². The first-order valence-electron chi connectivity index (χ1n) is 9.60. The highest BCUT2D eigenvalue weighted by atomic mass is 35.5. The van der Waals surface area contributed by atoms with Crippen molar-refractivity contribution < 1.29 is 27.8 Å². The number of alkyl halides is 3. The quantitative estimate of drug-likeness (QED) is 0.741. The Hall–Kier alpha value is -2.29. The van der Waals surface area contributed by atoms with Crippen LogP contribution in [0.5, 0.6) is 5.75 Å². The summed E-state index contributed by atoms with van der Waals surface area (Å²) in [5, 5.41) is 10.9. The molecule has 3 rings (SSSR count). The number of fused-ring (bicyclic) bond motifs is 1. The van der Waals surface area contributed by atoms with Gasteiger partial charge in [0.15, 0.2) is 0 Å². The van der Waals surface area contributed by atoms with E-state index in [-0.39, 0.29) is 25.4 Å². The number of carbonyl (C=O) groups excluding carboxylic acids is 1. The zero-order chi connectivity index (χ0) is 22.1. The highest BCUT2D eigenvalue weighted by molar-refractivity contribution is 5.98. The number of aliphatic hydroxyl groups is 1. The van der Waals surface area contributed by atoms with E-state index in [9.17, 15) is 23.1 Å². The Labute approximate surface area is 185 Å². The number of methoxy groups -OCH3 is 1. The fraction of sp³-hybridized carbons (Fsp3) is 0.409. The van der Waals surface area contributed by atoms with E-state index in [4.69, 9.17) is 4.74 Å². The molecule has 0 saturated heterocycles. The molecule has 0 aromatic heterocycles. The van der Waals surface area contributed by atoms with Gasteiger partial charge in [0.2, 0.25) is 0 Å². The van der Waals surface area contributed by atoms with E-state index in [1.54, 1.807) is 24.3 Å². The summed E-state index contributed by atoms with van der Waals surface area (Å²) in [5.41, 5.74) is 0.680.